The van der Waals surface area contributed by atoms with E-state index in [1.807, 2.05) is 13.8 Å². The van der Waals surface area contributed by atoms with Crippen molar-refractivity contribution in [2.75, 3.05) is 10.6 Å². The first kappa shape index (κ1) is 16.5. The van der Waals surface area contributed by atoms with Crippen molar-refractivity contribution in [3.05, 3.63) is 23.2 Å². The molecule has 0 saturated heterocycles. The third-order valence-electron chi connectivity index (χ3n) is 2.72. The van der Waals surface area contributed by atoms with Crippen LogP contribution in [0.15, 0.2) is 18.2 Å². The number of benzene rings is 1. The Hall–Kier alpha value is -1.59. The van der Waals surface area contributed by atoms with Crippen molar-refractivity contribution in [3.8, 4) is 0 Å². The van der Waals surface area contributed by atoms with Crippen LogP contribution in [0.3, 0.4) is 0 Å². The van der Waals surface area contributed by atoms with Crippen LogP contribution in [0.4, 0.5) is 11.4 Å². The van der Waals surface area contributed by atoms with Gasteiger partial charge in [-0.25, -0.2) is 0 Å². The fourth-order valence-corrected chi connectivity index (χ4v) is 1.69. The average Bonchev–Trinajstić information content (AvgIpc) is 2.32. The van der Waals surface area contributed by atoms with Crippen molar-refractivity contribution in [1.82, 2.24) is 0 Å². The maximum atomic E-state index is 11.8. The van der Waals surface area contributed by atoms with Crippen LogP contribution in [0.25, 0.3) is 0 Å². The molecule has 0 aliphatic heterocycles. The summed E-state index contributed by atoms with van der Waals surface area (Å²) < 4.78 is 0. The number of hydrogen-bond donors (Lipinski definition) is 3. The summed E-state index contributed by atoms with van der Waals surface area (Å²) >= 11 is 5.99. The predicted molar refractivity (Wildman–Crippen MR) is 79.8 cm³/mol. The average molecular weight is 299 g/mol. The first-order valence-corrected chi connectivity index (χ1v) is 6.72. The van der Waals surface area contributed by atoms with Gasteiger partial charge in [-0.2, -0.15) is 0 Å². The number of halogens is 1. The summed E-state index contributed by atoms with van der Waals surface area (Å²) in [5, 5.41) is 15.3. The van der Waals surface area contributed by atoms with E-state index >= 15 is 0 Å². The minimum atomic E-state index is -0.702. The summed E-state index contributed by atoms with van der Waals surface area (Å²) in [5.74, 6) is -0.533. The number of aliphatic hydroxyl groups is 1. The number of hydrogen-bond acceptors (Lipinski definition) is 3. The van der Waals surface area contributed by atoms with Gasteiger partial charge in [-0.3, -0.25) is 9.59 Å². The van der Waals surface area contributed by atoms with E-state index in [1.165, 1.54) is 6.92 Å². The van der Waals surface area contributed by atoms with Crippen molar-refractivity contribution < 1.29 is 14.7 Å². The smallest absolute Gasteiger partial charge is 0.227 e. The molecule has 0 aliphatic rings. The predicted octanol–water partition coefficient (Wildman–Crippen LogP) is 2.64. The highest BCUT2D eigenvalue weighted by Gasteiger charge is 2.15. The zero-order valence-corrected chi connectivity index (χ0v) is 12.5. The Bertz CT molecular complexity index is 503. The molecule has 0 spiro atoms. The maximum absolute atomic E-state index is 11.8. The van der Waals surface area contributed by atoms with Gasteiger partial charge in [0.25, 0.3) is 0 Å². The summed E-state index contributed by atoms with van der Waals surface area (Å²) in [7, 11) is 0. The molecule has 6 heteroatoms. The number of carbonyl (C=O) groups is 2. The molecule has 1 aromatic carbocycles. The SMILES string of the molecule is CC(=O)Nc1ccc(Cl)c(NC(=O)CC(O)C(C)C)c1. The molecule has 3 N–H and O–H groups in total. The van der Waals surface area contributed by atoms with Crippen molar-refractivity contribution in [1.29, 1.82) is 0 Å². The van der Waals surface area contributed by atoms with E-state index in [0.29, 0.717) is 16.4 Å². The van der Waals surface area contributed by atoms with E-state index in [0.717, 1.165) is 0 Å². The lowest BCUT2D eigenvalue weighted by molar-refractivity contribution is -0.118. The van der Waals surface area contributed by atoms with Crippen molar-refractivity contribution >= 4 is 34.8 Å². The largest absolute Gasteiger partial charge is 0.392 e. The number of carbonyl (C=O) groups excluding carboxylic acids is 2. The standard InChI is InChI=1S/C14H19ClN2O3/c1-8(2)13(19)7-14(20)17-12-6-10(16-9(3)18)4-5-11(12)15/h4-6,8,13,19H,7H2,1-3H3,(H,16,18)(H,17,20). The third kappa shape index (κ3) is 5.19. The van der Waals surface area contributed by atoms with Crippen LogP contribution in [0.5, 0.6) is 0 Å². The zero-order chi connectivity index (χ0) is 15.3. The molecule has 2 amide bonds. The second-order valence-corrected chi connectivity index (χ2v) is 5.35. The van der Waals surface area contributed by atoms with Gasteiger partial charge in [0, 0.05) is 12.6 Å². The highest BCUT2D eigenvalue weighted by molar-refractivity contribution is 6.33. The van der Waals surface area contributed by atoms with Crippen LogP contribution < -0.4 is 10.6 Å². The van der Waals surface area contributed by atoms with Gasteiger partial charge < -0.3 is 15.7 Å². The maximum Gasteiger partial charge on any atom is 0.227 e. The molecule has 0 fully saturated rings. The Morgan fingerprint density at radius 2 is 1.95 bits per heavy atom. The third-order valence-corrected chi connectivity index (χ3v) is 3.05. The Kier molecular flexibility index (Phi) is 5.98. The summed E-state index contributed by atoms with van der Waals surface area (Å²) in [6.45, 7) is 5.07. The monoisotopic (exact) mass is 298 g/mol. The fourth-order valence-electron chi connectivity index (χ4n) is 1.53. The quantitative estimate of drug-likeness (QED) is 0.782. The molecular formula is C14H19ClN2O3. The van der Waals surface area contributed by atoms with Gasteiger partial charge in [-0.05, 0) is 24.1 Å². The molecule has 110 valence electrons. The van der Waals surface area contributed by atoms with E-state index < -0.39 is 6.10 Å². The van der Waals surface area contributed by atoms with E-state index in [4.69, 9.17) is 11.6 Å². The van der Waals surface area contributed by atoms with E-state index in [9.17, 15) is 14.7 Å². The minimum Gasteiger partial charge on any atom is -0.392 e. The van der Waals surface area contributed by atoms with E-state index in [1.54, 1.807) is 18.2 Å². The molecule has 1 aromatic rings. The van der Waals surface area contributed by atoms with Crippen molar-refractivity contribution in [3.63, 3.8) is 0 Å². The Morgan fingerprint density at radius 3 is 2.50 bits per heavy atom. The number of aliphatic hydroxyl groups excluding tert-OH is 1. The van der Waals surface area contributed by atoms with E-state index in [-0.39, 0.29) is 24.2 Å². The second-order valence-electron chi connectivity index (χ2n) is 4.94. The van der Waals surface area contributed by atoms with Crippen LogP contribution in [0.2, 0.25) is 5.02 Å². The Balaban J connectivity index is 2.75. The van der Waals surface area contributed by atoms with Crippen LogP contribution in [0, 0.1) is 5.92 Å². The first-order valence-electron chi connectivity index (χ1n) is 6.34. The molecule has 0 radical (unpaired) electrons. The second kappa shape index (κ2) is 7.26. The zero-order valence-electron chi connectivity index (χ0n) is 11.7. The van der Waals surface area contributed by atoms with Crippen LogP contribution in [0.1, 0.15) is 27.2 Å². The molecule has 0 heterocycles. The summed E-state index contributed by atoms with van der Waals surface area (Å²) in [5.41, 5.74) is 0.945. The molecule has 0 saturated carbocycles. The van der Waals surface area contributed by atoms with E-state index in [2.05, 4.69) is 10.6 Å². The highest BCUT2D eigenvalue weighted by Crippen LogP contribution is 2.26. The molecular weight excluding hydrogens is 280 g/mol. The summed E-state index contributed by atoms with van der Waals surface area (Å²) in [6.07, 6.45) is -0.703. The lowest BCUT2D eigenvalue weighted by Crippen LogP contribution is -2.23. The summed E-state index contributed by atoms with van der Waals surface area (Å²) in [6, 6.07) is 4.80. The topological polar surface area (TPSA) is 78.4 Å². The lowest BCUT2D eigenvalue weighted by atomic mass is 10.0. The number of nitrogens with one attached hydrogen (secondary N) is 2. The van der Waals surface area contributed by atoms with Gasteiger partial charge in [-0.15, -0.1) is 0 Å². The molecule has 5 nitrogen and oxygen atoms in total. The molecule has 1 rings (SSSR count). The van der Waals surface area contributed by atoms with Gasteiger partial charge in [-0.1, -0.05) is 25.4 Å². The van der Waals surface area contributed by atoms with Crippen LogP contribution in [-0.2, 0) is 9.59 Å². The molecule has 20 heavy (non-hydrogen) atoms. The minimum absolute atomic E-state index is 0.00163. The molecule has 1 atom stereocenters. The molecule has 0 aromatic heterocycles. The van der Waals surface area contributed by atoms with Gasteiger partial charge in [0.1, 0.15) is 0 Å². The van der Waals surface area contributed by atoms with Crippen molar-refractivity contribution in [2.24, 2.45) is 5.92 Å². The molecule has 1 unspecified atom stereocenters. The fraction of sp³-hybridized carbons (Fsp3) is 0.429. The van der Waals surface area contributed by atoms with Gasteiger partial charge in [0.05, 0.1) is 23.2 Å². The molecule has 0 aliphatic carbocycles. The normalized spacial score (nSPS) is 12.1. The summed E-state index contributed by atoms with van der Waals surface area (Å²) in [4.78, 5) is 22.8. The highest BCUT2D eigenvalue weighted by atomic mass is 35.5. The Morgan fingerprint density at radius 1 is 1.30 bits per heavy atom. The van der Waals surface area contributed by atoms with Gasteiger partial charge in [0.15, 0.2) is 0 Å². The van der Waals surface area contributed by atoms with Gasteiger partial charge >= 0.3 is 0 Å². The first-order chi connectivity index (χ1) is 9.29. The lowest BCUT2D eigenvalue weighted by Gasteiger charge is -2.15. The van der Waals surface area contributed by atoms with Crippen LogP contribution >= 0.6 is 11.6 Å². The van der Waals surface area contributed by atoms with Crippen molar-refractivity contribution in [2.45, 2.75) is 33.3 Å². The van der Waals surface area contributed by atoms with Gasteiger partial charge in [0.2, 0.25) is 11.8 Å². The number of amides is 2. The van der Waals surface area contributed by atoms with Crippen LogP contribution in [-0.4, -0.2) is 23.0 Å². The number of anilines is 2. The number of rotatable bonds is 5. The Labute approximate surface area is 123 Å². The molecule has 0 bridgehead atoms.